The summed E-state index contributed by atoms with van der Waals surface area (Å²) in [7, 11) is 0. The molecule has 1 fully saturated rings. The molecule has 1 rings (SSSR count). The minimum atomic E-state index is 0.395. The van der Waals surface area contributed by atoms with Gasteiger partial charge in [-0.3, -0.25) is 0 Å². The quantitative estimate of drug-likeness (QED) is 0.668. The molecule has 78 valence electrons. The van der Waals surface area contributed by atoms with Gasteiger partial charge in [-0.2, -0.15) is 11.8 Å². The van der Waals surface area contributed by atoms with Gasteiger partial charge in [0, 0.05) is 6.04 Å². The summed E-state index contributed by atoms with van der Waals surface area (Å²) in [6.45, 7) is 2.10. The van der Waals surface area contributed by atoms with Gasteiger partial charge < -0.3 is 5.73 Å². The molecule has 0 aliphatic heterocycles. The van der Waals surface area contributed by atoms with Gasteiger partial charge >= 0.3 is 0 Å². The molecule has 2 N–H and O–H groups in total. The summed E-state index contributed by atoms with van der Waals surface area (Å²) in [6.07, 6.45) is 8.42. The van der Waals surface area contributed by atoms with E-state index < -0.39 is 0 Å². The van der Waals surface area contributed by atoms with Crippen LogP contribution in [0.15, 0.2) is 0 Å². The van der Waals surface area contributed by atoms with Crippen LogP contribution in [0.3, 0.4) is 0 Å². The monoisotopic (exact) mass is 201 g/mol. The minimum absolute atomic E-state index is 0.395. The molecule has 1 aliphatic carbocycles. The van der Waals surface area contributed by atoms with Crippen molar-refractivity contribution in [1.29, 1.82) is 0 Å². The maximum Gasteiger partial charge on any atom is 0.00107 e. The molecule has 0 aromatic heterocycles. The summed E-state index contributed by atoms with van der Waals surface area (Å²) in [5.41, 5.74) is 5.69. The van der Waals surface area contributed by atoms with E-state index in [1.807, 2.05) is 0 Å². The zero-order chi connectivity index (χ0) is 9.52. The predicted molar refractivity (Wildman–Crippen MR) is 62.2 cm³/mol. The topological polar surface area (TPSA) is 26.0 Å². The lowest BCUT2D eigenvalue weighted by atomic mass is 10.1. The third-order valence-corrected chi connectivity index (χ3v) is 4.06. The van der Waals surface area contributed by atoms with Crippen LogP contribution in [0.25, 0.3) is 0 Å². The van der Waals surface area contributed by atoms with Gasteiger partial charge in [-0.15, -0.1) is 0 Å². The van der Waals surface area contributed by atoms with Gasteiger partial charge in [0.05, 0.1) is 0 Å². The van der Waals surface area contributed by atoms with Crippen LogP contribution in [0, 0.1) is 5.92 Å². The standard InChI is InChI=1S/C11H23NS/c1-10(12)5-4-8-13-9-11-6-2-3-7-11/h10-11H,2-9,12H2,1H3. The smallest absolute Gasteiger partial charge is 0.00107 e. The van der Waals surface area contributed by atoms with Crippen molar-refractivity contribution in [1.82, 2.24) is 0 Å². The summed E-state index contributed by atoms with van der Waals surface area (Å²) in [5.74, 6) is 3.76. The first-order chi connectivity index (χ1) is 6.29. The normalized spacial score (nSPS) is 20.8. The number of rotatable bonds is 6. The summed E-state index contributed by atoms with van der Waals surface area (Å²) in [6, 6.07) is 0.395. The van der Waals surface area contributed by atoms with E-state index in [0.29, 0.717) is 6.04 Å². The van der Waals surface area contributed by atoms with E-state index in [0.717, 1.165) is 5.92 Å². The van der Waals surface area contributed by atoms with Gasteiger partial charge in [-0.25, -0.2) is 0 Å². The Labute approximate surface area is 86.8 Å². The zero-order valence-corrected chi connectivity index (χ0v) is 9.61. The Morgan fingerprint density at radius 2 is 2.08 bits per heavy atom. The second-order valence-corrected chi connectivity index (χ2v) is 5.49. The van der Waals surface area contributed by atoms with Crippen molar-refractivity contribution >= 4 is 11.8 Å². The molecule has 1 nitrogen and oxygen atoms in total. The zero-order valence-electron chi connectivity index (χ0n) is 8.80. The van der Waals surface area contributed by atoms with E-state index in [1.54, 1.807) is 0 Å². The van der Waals surface area contributed by atoms with Gasteiger partial charge in [0.2, 0.25) is 0 Å². The van der Waals surface area contributed by atoms with Crippen molar-refractivity contribution in [3.63, 3.8) is 0 Å². The molecule has 0 bridgehead atoms. The highest BCUT2D eigenvalue weighted by Crippen LogP contribution is 2.28. The largest absolute Gasteiger partial charge is 0.328 e. The minimum Gasteiger partial charge on any atom is -0.328 e. The lowest BCUT2D eigenvalue weighted by molar-refractivity contribution is 0.621. The molecule has 0 amide bonds. The lowest BCUT2D eigenvalue weighted by Crippen LogP contribution is -2.14. The van der Waals surface area contributed by atoms with Crippen LogP contribution in [-0.2, 0) is 0 Å². The van der Waals surface area contributed by atoms with Crippen LogP contribution < -0.4 is 5.73 Å². The van der Waals surface area contributed by atoms with Crippen molar-refractivity contribution < 1.29 is 0 Å². The van der Waals surface area contributed by atoms with E-state index in [4.69, 9.17) is 5.73 Å². The maximum absolute atomic E-state index is 5.69. The third-order valence-electron chi connectivity index (χ3n) is 2.78. The molecular formula is C11H23NS. The highest BCUT2D eigenvalue weighted by atomic mass is 32.2. The summed E-state index contributed by atoms with van der Waals surface area (Å²) >= 11 is 2.14. The van der Waals surface area contributed by atoms with E-state index in [1.165, 1.54) is 50.0 Å². The number of hydrogen-bond acceptors (Lipinski definition) is 2. The molecular weight excluding hydrogens is 178 g/mol. The molecule has 0 spiro atoms. The maximum atomic E-state index is 5.69. The van der Waals surface area contributed by atoms with Crippen molar-refractivity contribution in [2.75, 3.05) is 11.5 Å². The van der Waals surface area contributed by atoms with E-state index in [2.05, 4.69) is 18.7 Å². The van der Waals surface area contributed by atoms with Gasteiger partial charge in [0.25, 0.3) is 0 Å². The Hall–Kier alpha value is 0.310. The Balaban J connectivity index is 1.83. The van der Waals surface area contributed by atoms with Crippen LogP contribution in [0.1, 0.15) is 45.4 Å². The SMILES string of the molecule is CC(N)CCCSCC1CCCC1. The molecule has 1 saturated carbocycles. The third kappa shape index (κ3) is 5.58. The Morgan fingerprint density at radius 1 is 1.38 bits per heavy atom. The van der Waals surface area contributed by atoms with Crippen LogP contribution in [0.4, 0.5) is 0 Å². The molecule has 1 unspecified atom stereocenters. The van der Waals surface area contributed by atoms with Gasteiger partial charge in [-0.05, 0) is 50.0 Å². The van der Waals surface area contributed by atoms with Crippen LogP contribution in [0.2, 0.25) is 0 Å². The predicted octanol–water partition coefficient (Wildman–Crippen LogP) is 3.04. The molecule has 0 radical (unpaired) electrons. The Kier molecular flexibility index (Phi) is 5.88. The van der Waals surface area contributed by atoms with Crippen molar-refractivity contribution in [3.8, 4) is 0 Å². The Bertz CT molecular complexity index is 119. The molecule has 1 aliphatic rings. The van der Waals surface area contributed by atoms with E-state index >= 15 is 0 Å². The van der Waals surface area contributed by atoms with Crippen molar-refractivity contribution in [2.24, 2.45) is 11.7 Å². The molecule has 2 heteroatoms. The summed E-state index contributed by atoms with van der Waals surface area (Å²) in [4.78, 5) is 0. The second-order valence-electron chi connectivity index (χ2n) is 4.34. The average Bonchev–Trinajstić information content (AvgIpc) is 2.55. The van der Waals surface area contributed by atoms with Gasteiger partial charge in [0.15, 0.2) is 0 Å². The highest BCUT2D eigenvalue weighted by molar-refractivity contribution is 7.99. The summed E-state index contributed by atoms with van der Waals surface area (Å²) < 4.78 is 0. The van der Waals surface area contributed by atoms with E-state index in [9.17, 15) is 0 Å². The fraction of sp³-hybridized carbons (Fsp3) is 1.00. The van der Waals surface area contributed by atoms with E-state index in [-0.39, 0.29) is 0 Å². The lowest BCUT2D eigenvalue weighted by Gasteiger charge is -2.08. The molecule has 13 heavy (non-hydrogen) atoms. The van der Waals surface area contributed by atoms with Crippen LogP contribution in [-0.4, -0.2) is 17.5 Å². The molecule has 0 aromatic carbocycles. The molecule has 0 heterocycles. The fourth-order valence-electron chi connectivity index (χ4n) is 1.93. The van der Waals surface area contributed by atoms with Crippen molar-refractivity contribution in [2.45, 2.75) is 51.5 Å². The molecule has 0 aromatic rings. The summed E-state index contributed by atoms with van der Waals surface area (Å²) in [5, 5.41) is 0. The Morgan fingerprint density at radius 3 is 2.69 bits per heavy atom. The fourth-order valence-corrected chi connectivity index (χ4v) is 3.14. The highest BCUT2D eigenvalue weighted by Gasteiger charge is 2.14. The number of hydrogen-bond donors (Lipinski definition) is 1. The number of thioether (sulfide) groups is 1. The first-order valence-corrected chi connectivity index (χ1v) is 6.78. The van der Waals surface area contributed by atoms with Crippen LogP contribution in [0.5, 0.6) is 0 Å². The molecule has 1 atom stereocenters. The number of nitrogens with two attached hydrogens (primary N) is 1. The van der Waals surface area contributed by atoms with Gasteiger partial charge in [0.1, 0.15) is 0 Å². The van der Waals surface area contributed by atoms with Crippen molar-refractivity contribution in [3.05, 3.63) is 0 Å². The first-order valence-electron chi connectivity index (χ1n) is 5.62. The molecule has 0 saturated heterocycles. The second kappa shape index (κ2) is 6.72. The average molecular weight is 201 g/mol. The van der Waals surface area contributed by atoms with Gasteiger partial charge in [-0.1, -0.05) is 12.8 Å². The van der Waals surface area contributed by atoms with Crippen LogP contribution >= 0.6 is 11.8 Å². The first kappa shape index (κ1) is 11.4.